The fraction of sp³-hybridized carbons (Fsp3) is 0.458. The third-order valence-electron chi connectivity index (χ3n) is 6.15. The molecule has 2 fully saturated rings. The molecule has 0 aromatic heterocycles. The molecule has 0 aliphatic carbocycles. The summed E-state index contributed by atoms with van der Waals surface area (Å²) in [6, 6.07) is 14.9. The molecule has 2 aromatic carbocycles. The number of aryl methyl sites for hydroxylation is 1. The van der Waals surface area contributed by atoms with E-state index in [-0.39, 0.29) is 18.3 Å². The van der Waals surface area contributed by atoms with Gasteiger partial charge in [0.05, 0.1) is 0 Å². The minimum Gasteiger partial charge on any atom is -0.484 e. The molecule has 0 saturated carbocycles. The van der Waals surface area contributed by atoms with Crippen LogP contribution in [0.15, 0.2) is 48.5 Å². The molecule has 2 saturated heterocycles. The van der Waals surface area contributed by atoms with Crippen LogP contribution in [0.3, 0.4) is 0 Å². The van der Waals surface area contributed by atoms with Gasteiger partial charge >= 0.3 is 0 Å². The molecule has 2 aliphatic rings. The Morgan fingerprint density at radius 1 is 1.00 bits per heavy atom. The second-order valence-corrected chi connectivity index (χ2v) is 8.24. The number of hydrogen-bond acceptors (Lipinski definition) is 4. The van der Waals surface area contributed by atoms with Gasteiger partial charge in [-0.05, 0) is 56.2 Å². The van der Waals surface area contributed by atoms with Crippen LogP contribution in [0.25, 0.3) is 0 Å². The summed E-state index contributed by atoms with van der Waals surface area (Å²) in [5, 5.41) is 0. The van der Waals surface area contributed by atoms with Crippen LogP contribution in [0.5, 0.6) is 5.75 Å². The zero-order valence-electron chi connectivity index (χ0n) is 17.6. The molecule has 0 radical (unpaired) electrons. The molecule has 4 rings (SSSR count). The highest BCUT2D eigenvalue weighted by atomic mass is 19.1. The number of piperidine rings is 1. The lowest BCUT2D eigenvalue weighted by Gasteiger charge is -2.44. The molecular weight excluding hydrogens is 381 g/mol. The number of piperazine rings is 1. The minimum atomic E-state index is -0.198. The van der Waals surface area contributed by atoms with Crippen LogP contribution in [-0.2, 0) is 4.79 Å². The van der Waals surface area contributed by atoms with Crippen molar-refractivity contribution in [3.8, 4) is 5.75 Å². The summed E-state index contributed by atoms with van der Waals surface area (Å²) in [5.41, 5.74) is 2.25. The Hall–Kier alpha value is -2.60. The average molecular weight is 412 g/mol. The fourth-order valence-electron chi connectivity index (χ4n) is 4.35. The number of carbonyl (C=O) groups is 1. The van der Waals surface area contributed by atoms with Gasteiger partial charge in [-0.15, -0.1) is 0 Å². The van der Waals surface area contributed by atoms with Gasteiger partial charge in [0.2, 0.25) is 0 Å². The van der Waals surface area contributed by atoms with Crippen LogP contribution in [0, 0.1) is 12.7 Å². The maximum atomic E-state index is 13.2. The second kappa shape index (κ2) is 9.47. The number of carbonyl (C=O) groups excluding carboxylic acids is 1. The summed E-state index contributed by atoms with van der Waals surface area (Å²) in [6.07, 6.45) is 2.15. The van der Waals surface area contributed by atoms with Gasteiger partial charge in [-0.2, -0.15) is 0 Å². The number of amides is 1. The van der Waals surface area contributed by atoms with Crippen molar-refractivity contribution in [3.05, 3.63) is 59.9 Å². The summed E-state index contributed by atoms with van der Waals surface area (Å²) >= 11 is 0. The van der Waals surface area contributed by atoms with Crippen molar-refractivity contribution in [1.29, 1.82) is 0 Å². The minimum absolute atomic E-state index is 0.0604. The third-order valence-corrected chi connectivity index (χ3v) is 6.15. The summed E-state index contributed by atoms with van der Waals surface area (Å²) in [4.78, 5) is 19.4. The predicted molar refractivity (Wildman–Crippen MR) is 116 cm³/mol. The van der Waals surface area contributed by atoms with Gasteiger partial charge in [-0.1, -0.05) is 17.7 Å². The number of rotatable bonds is 5. The Morgan fingerprint density at radius 2 is 1.70 bits per heavy atom. The molecule has 0 N–H and O–H groups in total. The Labute approximate surface area is 178 Å². The fourth-order valence-corrected chi connectivity index (χ4v) is 4.35. The highest BCUT2D eigenvalue weighted by Gasteiger charge is 2.30. The smallest absolute Gasteiger partial charge is 0.260 e. The second-order valence-electron chi connectivity index (χ2n) is 8.24. The Balaban J connectivity index is 1.26. The molecule has 2 aliphatic heterocycles. The normalized spacial score (nSPS) is 20.3. The van der Waals surface area contributed by atoms with E-state index in [4.69, 9.17) is 4.74 Å². The standard InChI is InChI=1S/C24H30FN3O2/c1-19-4-10-23(11-5-19)30-18-24(29)28-12-2-3-22(17-28)27-15-13-26(14-16-27)21-8-6-20(25)7-9-21/h4-11,22H,2-3,12-18H2,1H3. The molecule has 2 heterocycles. The number of benzene rings is 2. The van der Waals surface area contributed by atoms with E-state index in [0.29, 0.717) is 6.04 Å². The van der Waals surface area contributed by atoms with E-state index in [1.165, 1.54) is 17.7 Å². The first-order chi connectivity index (χ1) is 14.6. The van der Waals surface area contributed by atoms with Crippen molar-refractivity contribution in [1.82, 2.24) is 9.80 Å². The van der Waals surface area contributed by atoms with E-state index in [2.05, 4.69) is 9.80 Å². The zero-order chi connectivity index (χ0) is 20.9. The van der Waals surface area contributed by atoms with Gasteiger partial charge in [0.1, 0.15) is 11.6 Å². The zero-order valence-corrected chi connectivity index (χ0v) is 17.6. The topological polar surface area (TPSA) is 36.0 Å². The van der Waals surface area contributed by atoms with Crippen molar-refractivity contribution in [2.45, 2.75) is 25.8 Å². The molecule has 30 heavy (non-hydrogen) atoms. The van der Waals surface area contributed by atoms with Crippen LogP contribution in [-0.4, -0.2) is 67.6 Å². The van der Waals surface area contributed by atoms with Gasteiger partial charge in [-0.3, -0.25) is 9.69 Å². The molecule has 2 aromatic rings. The molecule has 1 atom stereocenters. The highest BCUT2D eigenvalue weighted by molar-refractivity contribution is 5.78. The van der Waals surface area contributed by atoms with Crippen molar-refractivity contribution >= 4 is 11.6 Å². The number of halogens is 1. The predicted octanol–water partition coefficient (Wildman–Crippen LogP) is 3.33. The van der Waals surface area contributed by atoms with Crippen molar-refractivity contribution < 1.29 is 13.9 Å². The SMILES string of the molecule is Cc1ccc(OCC(=O)N2CCCC(N3CCN(c4ccc(F)cc4)CC3)C2)cc1. The highest BCUT2D eigenvalue weighted by Crippen LogP contribution is 2.21. The molecule has 160 valence electrons. The molecular formula is C24H30FN3O2. The lowest BCUT2D eigenvalue weighted by molar-refractivity contribution is -0.135. The number of likely N-dealkylation sites (tertiary alicyclic amines) is 1. The molecule has 0 spiro atoms. The van der Waals surface area contributed by atoms with Crippen LogP contribution in [0.4, 0.5) is 10.1 Å². The van der Waals surface area contributed by atoms with E-state index in [1.807, 2.05) is 48.2 Å². The lowest BCUT2D eigenvalue weighted by Crippen LogP contribution is -2.56. The van der Waals surface area contributed by atoms with Gasteiger partial charge in [-0.25, -0.2) is 4.39 Å². The van der Waals surface area contributed by atoms with Crippen molar-refractivity contribution in [3.63, 3.8) is 0 Å². The largest absolute Gasteiger partial charge is 0.484 e. The quantitative estimate of drug-likeness (QED) is 0.756. The van der Waals surface area contributed by atoms with Gasteiger partial charge in [0.15, 0.2) is 6.61 Å². The average Bonchev–Trinajstić information content (AvgIpc) is 2.79. The summed E-state index contributed by atoms with van der Waals surface area (Å²) < 4.78 is 18.9. The third kappa shape index (κ3) is 5.11. The van der Waals surface area contributed by atoms with E-state index in [1.54, 1.807) is 0 Å². The first kappa shape index (κ1) is 20.7. The first-order valence-corrected chi connectivity index (χ1v) is 10.8. The van der Waals surface area contributed by atoms with Crippen LogP contribution in [0.2, 0.25) is 0 Å². The van der Waals surface area contributed by atoms with Crippen LogP contribution >= 0.6 is 0 Å². The Kier molecular flexibility index (Phi) is 6.53. The number of hydrogen-bond donors (Lipinski definition) is 0. The molecule has 1 amide bonds. The number of anilines is 1. The van der Waals surface area contributed by atoms with Crippen molar-refractivity contribution in [2.75, 3.05) is 50.8 Å². The Morgan fingerprint density at radius 3 is 2.40 bits per heavy atom. The summed E-state index contributed by atoms with van der Waals surface area (Å²) in [6.45, 7) is 7.47. The lowest BCUT2D eigenvalue weighted by atomic mass is 10.0. The van der Waals surface area contributed by atoms with Crippen LogP contribution < -0.4 is 9.64 Å². The van der Waals surface area contributed by atoms with E-state index in [0.717, 1.165) is 63.5 Å². The maximum absolute atomic E-state index is 13.2. The van der Waals surface area contributed by atoms with E-state index >= 15 is 0 Å². The summed E-state index contributed by atoms with van der Waals surface area (Å²) in [7, 11) is 0. The maximum Gasteiger partial charge on any atom is 0.260 e. The first-order valence-electron chi connectivity index (χ1n) is 10.8. The van der Waals surface area contributed by atoms with Crippen LogP contribution in [0.1, 0.15) is 18.4 Å². The molecule has 6 heteroatoms. The van der Waals surface area contributed by atoms with E-state index < -0.39 is 0 Å². The van der Waals surface area contributed by atoms with E-state index in [9.17, 15) is 9.18 Å². The van der Waals surface area contributed by atoms with Gasteiger partial charge in [0.25, 0.3) is 5.91 Å². The van der Waals surface area contributed by atoms with Gasteiger partial charge in [0, 0.05) is 51.0 Å². The Bertz CT molecular complexity index is 833. The molecule has 0 bridgehead atoms. The van der Waals surface area contributed by atoms with Crippen molar-refractivity contribution in [2.24, 2.45) is 0 Å². The number of ether oxygens (including phenoxy) is 1. The van der Waals surface area contributed by atoms with Gasteiger partial charge < -0.3 is 14.5 Å². The monoisotopic (exact) mass is 411 g/mol. The molecule has 1 unspecified atom stereocenters. The molecule has 5 nitrogen and oxygen atoms in total. The summed E-state index contributed by atoms with van der Waals surface area (Å²) in [5.74, 6) is 0.598. The number of nitrogens with zero attached hydrogens (tertiary/aromatic N) is 3.